The van der Waals surface area contributed by atoms with Gasteiger partial charge in [-0.2, -0.15) is 0 Å². The van der Waals surface area contributed by atoms with E-state index < -0.39 is 5.91 Å². The zero-order chi connectivity index (χ0) is 19.3. The van der Waals surface area contributed by atoms with Crippen molar-refractivity contribution >= 4 is 17.4 Å². The van der Waals surface area contributed by atoms with E-state index in [9.17, 15) is 4.79 Å². The summed E-state index contributed by atoms with van der Waals surface area (Å²) in [5.41, 5.74) is 7.96. The highest BCUT2D eigenvalue weighted by atomic mass is 16.5. The van der Waals surface area contributed by atoms with Gasteiger partial charge in [0.25, 0.3) is 5.91 Å². The van der Waals surface area contributed by atoms with Gasteiger partial charge in [0.2, 0.25) is 5.89 Å². The molecule has 0 aliphatic carbocycles. The van der Waals surface area contributed by atoms with Crippen molar-refractivity contribution in [1.82, 2.24) is 15.0 Å². The fourth-order valence-electron chi connectivity index (χ4n) is 2.54. The Kier molecular flexibility index (Phi) is 4.75. The summed E-state index contributed by atoms with van der Waals surface area (Å²) in [6, 6.07) is 17.0. The number of nitrogens with two attached hydrogens (primary N) is 1. The maximum atomic E-state index is 12.4. The second kappa shape index (κ2) is 7.67. The minimum absolute atomic E-state index is 0.133. The molecule has 28 heavy (non-hydrogen) atoms. The van der Waals surface area contributed by atoms with Crippen molar-refractivity contribution in [3.8, 4) is 17.3 Å². The number of aromatic amines is 1. The van der Waals surface area contributed by atoms with Gasteiger partial charge in [-0.25, -0.2) is 9.97 Å². The molecule has 8 nitrogen and oxygen atoms in total. The molecule has 0 saturated heterocycles. The summed E-state index contributed by atoms with van der Waals surface area (Å²) >= 11 is 0. The van der Waals surface area contributed by atoms with E-state index in [1.54, 1.807) is 24.3 Å². The Hall–Kier alpha value is -4.07. The molecule has 0 radical (unpaired) electrons. The first kappa shape index (κ1) is 17.3. The van der Waals surface area contributed by atoms with Crippen LogP contribution in [0.15, 0.2) is 71.6 Å². The number of hydrogen-bond acceptors (Lipinski definition) is 6. The summed E-state index contributed by atoms with van der Waals surface area (Å²) in [6.45, 7) is 0.477. The van der Waals surface area contributed by atoms with Crippen LogP contribution in [0.3, 0.4) is 0 Å². The highest BCUT2D eigenvalue weighted by Gasteiger charge is 2.16. The number of carbonyl (C=O) groups is 1. The number of carbonyl (C=O) groups excluding carboxylic acids is 1. The Labute approximate surface area is 160 Å². The van der Waals surface area contributed by atoms with Crippen LogP contribution in [0.5, 0.6) is 5.75 Å². The van der Waals surface area contributed by atoms with Gasteiger partial charge in [-0.05, 0) is 29.8 Å². The van der Waals surface area contributed by atoms with Crippen molar-refractivity contribution < 1.29 is 13.9 Å². The summed E-state index contributed by atoms with van der Waals surface area (Å²) in [7, 11) is 0. The van der Waals surface area contributed by atoms with Gasteiger partial charge in [0.05, 0.1) is 6.33 Å². The van der Waals surface area contributed by atoms with Crippen LogP contribution in [0.2, 0.25) is 0 Å². The third kappa shape index (κ3) is 3.85. The third-order valence-corrected chi connectivity index (χ3v) is 3.98. The van der Waals surface area contributed by atoms with Crippen LogP contribution in [0.1, 0.15) is 16.1 Å². The second-order valence-corrected chi connectivity index (χ2v) is 5.95. The average Bonchev–Trinajstić information content (AvgIpc) is 3.37. The number of hydrogen-bond donors (Lipinski definition) is 3. The molecule has 8 heteroatoms. The van der Waals surface area contributed by atoms with E-state index in [1.165, 1.54) is 12.6 Å². The smallest absolute Gasteiger partial charge is 0.277 e. The lowest BCUT2D eigenvalue weighted by atomic mass is 10.2. The number of nitrogen functional groups attached to an aromatic ring is 1. The number of oxazole rings is 1. The summed E-state index contributed by atoms with van der Waals surface area (Å²) in [6.07, 6.45) is 2.69. The normalized spacial score (nSPS) is 10.6. The minimum Gasteiger partial charge on any atom is -0.489 e. The fraction of sp³-hybridized carbons (Fsp3) is 0.0500. The molecule has 0 atom stereocenters. The highest BCUT2D eigenvalue weighted by Crippen LogP contribution is 2.22. The number of H-pyrrole nitrogens is 1. The number of benzene rings is 2. The van der Waals surface area contributed by atoms with Crippen molar-refractivity contribution in [2.45, 2.75) is 6.61 Å². The lowest BCUT2D eigenvalue weighted by molar-refractivity contribution is 0.102. The Bertz CT molecular complexity index is 1070. The van der Waals surface area contributed by atoms with E-state index in [2.05, 4.69) is 20.3 Å². The predicted molar refractivity (Wildman–Crippen MR) is 104 cm³/mol. The minimum atomic E-state index is -0.397. The van der Waals surface area contributed by atoms with E-state index >= 15 is 0 Å². The number of nitrogens with zero attached hydrogens (tertiary/aromatic N) is 2. The molecule has 2 heterocycles. The quantitative estimate of drug-likeness (QED) is 0.475. The van der Waals surface area contributed by atoms with Crippen molar-refractivity contribution in [2.24, 2.45) is 0 Å². The van der Waals surface area contributed by atoms with Gasteiger partial charge in [-0.3, -0.25) is 4.79 Å². The Morgan fingerprint density at radius 2 is 1.93 bits per heavy atom. The first-order valence-corrected chi connectivity index (χ1v) is 8.52. The Morgan fingerprint density at radius 3 is 2.64 bits per heavy atom. The van der Waals surface area contributed by atoms with Crippen molar-refractivity contribution in [3.05, 3.63) is 78.4 Å². The molecular weight excluding hydrogens is 358 g/mol. The monoisotopic (exact) mass is 375 g/mol. The number of anilines is 2. The van der Waals surface area contributed by atoms with Crippen LogP contribution in [0, 0.1) is 0 Å². The first-order chi connectivity index (χ1) is 13.7. The number of nitrogens with one attached hydrogen (secondary N) is 2. The molecule has 1 amide bonds. The SMILES string of the molecule is Nc1nc[nH]c1-c1nc(C(=O)Nc2ccc(OCc3ccccc3)cc2)co1. The van der Waals surface area contributed by atoms with Crippen LogP contribution < -0.4 is 15.8 Å². The Morgan fingerprint density at radius 1 is 1.14 bits per heavy atom. The molecule has 0 aliphatic heterocycles. The number of rotatable bonds is 6. The van der Waals surface area contributed by atoms with Crippen molar-refractivity contribution in [3.63, 3.8) is 0 Å². The molecule has 0 spiro atoms. The number of ether oxygens (including phenoxy) is 1. The fourth-order valence-corrected chi connectivity index (χ4v) is 2.54. The lowest BCUT2D eigenvalue weighted by Crippen LogP contribution is -2.12. The van der Waals surface area contributed by atoms with Gasteiger partial charge < -0.3 is 25.2 Å². The van der Waals surface area contributed by atoms with Gasteiger partial charge >= 0.3 is 0 Å². The zero-order valence-corrected chi connectivity index (χ0v) is 14.8. The van der Waals surface area contributed by atoms with E-state index in [-0.39, 0.29) is 17.4 Å². The number of amides is 1. The van der Waals surface area contributed by atoms with Crippen LogP contribution in [-0.4, -0.2) is 20.9 Å². The van der Waals surface area contributed by atoms with E-state index in [0.717, 1.165) is 5.56 Å². The largest absolute Gasteiger partial charge is 0.489 e. The van der Waals surface area contributed by atoms with Gasteiger partial charge in [0.15, 0.2) is 11.5 Å². The molecule has 4 rings (SSSR count). The molecule has 0 bridgehead atoms. The lowest BCUT2D eigenvalue weighted by Gasteiger charge is -2.08. The van der Waals surface area contributed by atoms with Crippen molar-refractivity contribution in [2.75, 3.05) is 11.1 Å². The Balaban J connectivity index is 1.37. The number of imidazole rings is 1. The first-order valence-electron chi connectivity index (χ1n) is 8.52. The molecule has 0 aliphatic rings. The van der Waals surface area contributed by atoms with Gasteiger partial charge in [-0.1, -0.05) is 30.3 Å². The topological polar surface area (TPSA) is 119 Å². The molecule has 2 aromatic heterocycles. The molecule has 2 aromatic carbocycles. The van der Waals surface area contributed by atoms with E-state index in [0.29, 0.717) is 23.7 Å². The maximum absolute atomic E-state index is 12.4. The van der Waals surface area contributed by atoms with E-state index in [4.69, 9.17) is 14.9 Å². The van der Waals surface area contributed by atoms with E-state index in [1.807, 2.05) is 30.3 Å². The van der Waals surface area contributed by atoms with Gasteiger partial charge in [0.1, 0.15) is 24.3 Å². The predicted octanol–water partition coefficient (Wildman–Crippen LogP) is 3.48. The molecule has 0 saturated carbocycles. The number of aromatic nitrogens is 3. The average molecular weight is 375 g/mol. The van der Waals surface area contributed by atoms with Crippen LogP contribution in [-0.2, 0) is 6.61 Å². The second-order valence-electron chi connectivity index (χ2n) is 5.95. The molecule has 0 fully saturated rings. The molecule has 4 aromatic rings. The molecule has 140 valence electrons. The third-order valence-electron chi connectivity index (χ3n) is 3.98. The molecular formula is C20H17N5O3. The summed E-state index contributed by atoms with van der Waals surface area (Å²) in [4.78, 5) is 23.2. The van der Waals surface area contributed by atoms with Crippen LogP contribution in [0.25, 0.3) is 11.6 Å². The summed E-state index contributed by atoms with van der Waals surface area (Å²) in [5, 5.41) is 2.76. The van der Waals surface area contributed by atoms with Crippen LogP contribution in [0.4, 0.5) is 11.5 Å². The van der Waals surface area contributed by atoms with Crippen LogP contribution >= 0.6 is 0 Å². The highest BCUT2D eigenvalue weighted by molar-refractivity contribution is 6.02. The zero-order valence-electron chi connectivity index (χ0n) is 14.8. The standard InChI is InChI=1S/C20H17N5O3/c21-18-17(22-12-23-18)20-25-16(11-28-20)19(26)24-14-6-8-15(9-7-14)27-10-13-4-2-1-3-5-13/h1-9,11-12H,10,21H2,(H,22,23)(H,24,26). The van der Waals surface area contributed by atoms with Crippen molar-refractivity contribution in [1.29, 1.82) is 0 Å². The summed E-state index contributed by atoms with van der Waals surface area (Å²) in [5.74, 6) is 0.760. The van der Waals surface area contributed by atoms with Gasteiger partial charge in [0, 0.05) is 5.69 Å². The summed E-state index contributed by atoms with van der Waals surface area (Å²) < 4.78 is 11.0. The van der Waals surface area contributed by atoms with Gasteiger partial charge in [-0.15, -0.1) is 0 Å². The maximum Gasteiger partial charge on any atom is 0.277 e. The molecule has 4 N–H and O–H groups in total. The molecule has 0 unspecified atom stereocenters.